The fourth-order valence-corrected chi connectivity index (χ4v) is 3.24. The summed E-state index contributed by atoms with van der Waals surface area (Å²) in [7, 11) is 0. The van der Waals surface area contributed by atoms with Gasteiger partial charge in [0.05, 0.1) is 13.2 Å². The van der Waals surface area contributed by atoms with Gasteiger partial charge in [-0.3, -0.25) is 0 Å². The number of hydrogen-bond donors (Lipinski definition) is 1. The van der Waals surface area contributed by atoms with E-state index in [0.717, 1.165) is 39.5 Å². The van der Waals surface area contributed by atoms with E-state index in [4.69, 9.17) is 9.84 Å². The van der Waals surface area contributed by atoms with Crippen LogP contribution in [0.2, 0.25) is 0 Å². The van der Waals surface area contributed by atoms with Crippen molar-refractivity contribution in [2.45, 2.75) is 20.0 Å². The highest BCUT2D eigenvalue weighted by atomic mass is 19.1. The number of carbonyl (C=O) groups is 1. The molecule has 0 aliphatic heterocycles. The van der Waals surface area contributed by atoms with E-state index in [1.54, 1.807) is 30.3 Å². The van der Waals surface area contributed by atoms with Gasteiger partial charge in [-0.05, 0) is 40.8 Å². The predicted molar refractivity (Wildman–Crippen MR) is 113 cm³/mol. The maximum Gasteiger partial charge on any atom is 0.330 e. The molecule has 0 amide bonds. The minimum absolute atomic E-state index is 0.0417. The second-order valence-electron chi connectivity index (χ2n) is 6.83. The molecule has 3 aromatic rings. The summed E-state index contributed by atoms with van der Waals surface area (Å²) in [6, 6.07) is 18.3. The molecule has 0 fully saturated rings. The molecule has 3 nitrogen and oxygen atoms in total. The molecule has 0 saturated carbocycles. The lowest BCUT2D eigenvalue weighted by molar-refractivity contribution is -0.137. The molecule has 0 aromatic heterocycles. The Morgan fingerprint density at radius 2 is 1.72 bits per heavy atom. The predicted octanol–water partition coefficient (Wildman–Crippen LogP) is 5.23. The van der Waals surface area contributed by atoms with Gasteiger partial charge >= 0.3 is 5.97 Å². The van der Waals surface area contributed by atoms with Crippen LogP contribution in [0.1, 0.15) is 16.7 Å². The minimum Gasteiger partial charge on any atom is -0.462 e. The molecule has 0 spiro atoms. The average Bonchev–Trinajstić information content (AvgIpc) is 2.74. The molecule has 0 heterocycles. The quantitative estimate of drug-likeness (QED) is 0.444. The fourth-order valence-electron chi connectivity index (χ4n) is 3.24. The molecule has 3 rings (SSSR count). The van der Waals surface area contributed by atoms with Gasteiger partial charge in [-0.1, -0.05) is 66.7 Å². The van der Waals surface area contributed by atoms with Crippen LogP contribution in [0.3, 0.4) is 0 Å². The zero-order valence-electron chi connectivity index (χ0n) is 16.3. The highest BCUT2D eigenvalue weighted by molar-refractivity contribution is 5.81. The van der Waals surface area contributed by atoms with Gasteiger partial charge in [-0.25, -0.2) is 9.18 Å². The molecular weight excluding hydrogens is 367 g/mol. The van der Waals surface area contributed by atoms with Crippen LogP contribution < -0.4 is 0 Å². The molecule has 0 atom stereocenters. The number of hydrogen-bond acceptors (Lipinski definition) is 3. The summed E-state index contributed by atoms with van der Waals surface area (Å²) in [4.78, 5) is 11.3. The summed E-state index contributed by atoms with van der Waals surface area (Å²) in [5.74, 6) is -0.773. The maximum absolute atomic E-state index is 14.9. The summed E-state index contributed by atoms with van der Waals surface area (Å²) in [5, 5.41) is 9.16. The van der Waals surface area contributed by atoms with Gasteiger partial charge in [0.2, 0.25) is 0 Å². The Morgan fingerprint density at radius 3 is 2.38 bits per heavy atom. The van der Waals surface area contributed by atoms with Crippen molar-refractivity contribution in [2.75, 3.05) is 6.61 Å². The molecule has 0 bridgehead atoms. The van der Waals surface area contributed by atoms with Gasteiger partial charge in [-0.15, -0.1) is 0 Å². The van der Waals surface area contributed by atoms with Crippen molar-refractivity contribution in [3.05, 3.63) is 95.8 Å². The number of carbonyl (C=O) groups excluding carboxylic acids is 1. The van der Waals surface area contributed by atoms with Crippen molar-refractivity contribution in [3.63, 3.8) is 0 Å². The summed E-state index contributed by atoms with van der Waals surface area (Å²) in [6.45, 7) is 5.57. The molecule has 0 radical (unpaired) electrons. The number of rotatable bonds is 7. The molecule has 0 aliphatic carbocycles. The molecule has 29 heavy (non-hydrogen) atoms. The number of benzene rings is 3. The third-order valence-electron chi connectivity index (χ3n) is 4.77. The number of aryl methyl sites for hydroxylation is 1. The van der Waals surface area contributed by atoms with Gasteiger partial charge in [0, 0.05) is 18.1 Å². The first-order valence-corrected chi connectivity index (χ1v) is 9.40. The monoisotopic (exact) mass is 390 g/mol. The molecule has 0 saturated heterocycles. The van der Waals surface area contributed by atoms with Crippen LogP contribution in [0.25, 0.3) is 22.3 Å². The lowest BCUT2D eigenvalue weighted by Gasteiger charge is -2.13. The first kappa shape index (κ1) is 20.5. The van der Waals surface area contributed by atoms with Crippen molar-refractivity contribution in [1.82, 2.24) is 0 Å². The van der Waals surface area contributed by atoms with E-state index >= 15 is 0 Å². The lowest BCUT2D eigenvalue weighted by Crippen LogP contribution is -2.05. The van der Waals surface area contributed by atoms with Crippen LogP contribution in [0.4, 0.5) is 4.39 Å². The zero-order valence-corrected chi connectivity index (χ0v) is 16.3. The highest BCUT2D eigenvalue weighted by Crippen LogP contribution is 2.31. The second-order valence-corrected chi connectivity index (χ2v) is 6.83. The van der Waals surface area contributed by atoms with Crippen molar-refractivity contribution in [1.29, 1.82) is 0 Å². The largest absolute Gasteiger partial charge is 0.462 e. The van der Waals surface area contributed by atoms with Crippen LogP contribution >= 0.6 is 0 Å². The Kier molecular flexibility index (Phi) is 6.57. The minimum atomic E-state index is -0.457. The Hall–Kier alpha value is -3.24. The molecule has 0 unspecified atom stereocenters. The van der Waals surface area contributed by atoms with Crippen LogP contribution in [0.5, 0.6) is 0 Å². The van der Waals surface area contributed by atoms with Gasteiger partial charge in [0.15, 0.2) is 0 Å². The maximum atomic E-state index is 14.9. The molecule has 3 aromatic carbocycles. The molecule has 4 heteroatoms. The normalized spacial score (nSPS) is 10.6. The number of ether oxygens (including phenoxy) is 1. The third kappa shape index (κ3) is 4.98. The Bertz CT molecular complexity index is 1020. The van der Waals surface area contributed by atoms with Crippen molar-refractivity contribution >= 4 is 5.97 Å². The SMILES string of the molecule is C=CC(=O)OCCc1cc(C)ccc1-c1ccc(-c2ccc(CO)cc2)c(F)c1. The Labute approximate surface area is 170 Å². The molecule has 148 valence electrons. The Morgan fingerprint density at radius 1 is 1.03 bits per heavy atom. The standard InChI is InChI=1S/C25H23FO3/c1-3-25(28)29-13-12-21-14-17(2)4-10-22(21)20-9-11-23(24(26)15-20)19-7-5-18(16-27)6-8-19/h3-11,14-15,27H,1,12-13,16H2,2H3. The first-order chi connectivity index (χ1) is 14.0. The number of aliphatic hydroxyl groups is 1. The summed E-state index contributed by atoms with van der Waals surface area (Å²) in [5.41, 5.74) is 5.79. The van der Waals surface area contributed by atoms with E-state index < -0.39 is 5.97 Å². The smallest absolute Gasteiger partial charge is 0.330 e. The molecule has 0 aliphatic rings. The Balaban J connectivity index is 1.89. The van der Waals surface area contributed by atoms with Gasteiger partial charge in [0.1, 0.15) is 5.82 Å². The summed E-state index contributed by atoms with van der Waals surface area (Å²) >= 11 is 0. The third-order valence-corrected chi connectivity index (χ3v) is 4.77. The van der Waals surface area contributed by atoms with E-state index in [-0.39, 0.29) is 19.0 Å². The van der Waals surface area contributed by atoms with Crippen LogP contribution in [0.15, 0.2) is 73.3 Å². The van der Waals surface area contributed by atoms with Crippen molar-refractivity contribution in [2.24, 2.45) is 0 Å². The van der Waals surface area contributed by atoms with E-state index in [2.05, 4.69) is 6.58 Å². The van der Waals surface area contributed by atoms with Gasteiger partial charge in [0.25, 0.3) is 0 Å². The number of esters is 1. The lowest BCUT2D eigenvalue weighted by atomic mass is 9.94. The molecule has 1 N–H and O–H groups in total. The highest BCUT2D eigenvalue weighted by Gasteiger charge is 2.11. The summed E-state index contributed by atoms with van der Waals surface area (Å²) in [6.07, 6.45) is 1.67. The van der Waals surface area contributed by atoms with Crippen LogP contribution in [-0.4, -0.2) is 17.7 Å². The van der Waals surface area contributed by atoms with Gasteiger partial charge in [-0.2, -0.15) is 0 Å². The van der Waals surface area contributed by atoms with Crippen LogP contribution in [-0.2, 0) is 22.6 Å². The second kappa shape index (κ2) is 9.30. The van der Waals surface area contributed by atoms with Crippen LogP contribution in [0, 0.1) is 12.7 Å². The number of aliphatic hydroxyl groups excluding tert-OH is 1. The van der Waals surface area contributed by atoms with E-state index in [1.165, 1.54) is 6.07 Å². The van der Waals surface area contributed by atoms with E-state index in [0.29, 0.717) is 12.0 Å². The average molecular weight is 390 g/mol. The van der Waals surface area contributed by atoms with E-state index in [1.807, 2.05) is 31.2 Å². The zero-order chi connectivity index (χ0) is 20.8. The first-order valence-electron chi connectivity index (χ1n) is 9.40. The summed E-state index contributed by atoms with van der Waals surface area (Å²) < 4.78 is 20.0. The fraction of sp³-hybridized carbons (Fsp3) is 0.160. The number of halogens is 1. The van der Waals surface area contributed by atoms with Crippen molar-refractivity contribution in [3.8, 4) is 22.3 Å². The molecular formula is C25H23FO3. The topological polar surface area (TPSA) is 46.5 Å². The van der Waals surface area contributed by atoms with Gasteiger partial charge < -0.3 is 9.84 Å². The van der Waals surface area contributed by atoms with Crippen molar-refractivity contribution < 1.29 is 19.0 Å². The van der Waals surface area contributed by atoms with E-state index in [9.17, 15) is 9.18 Å².